The highest BCUT2D eigenvalue weighted by Gasteiger charge is 2.31. The van der Waals surface area contributed by atoms with Gasteiger partial charge in [0.1, 0.15) is 5.60 Å². The SMILES string of the molecule is OC1(CNCc2ccc3cc[nH]c3c2)CCOC1. The van der Waals surface area contributed by atoms with E-state index in [1.807, 2.05) is 6.20 Å². The smallest absolute Gasteiger partial charge is 0.102 e. The largest absolute Gasteiger partial charge is 0.386 e. The second kappa shape index (κ2) is 4.72. The van der Waals surface area contributed by atoms with Gasteiger partial charge in [-0.2, -0.15) is 0 Å². The summed E-state index contributed by atoms with van der Waals surface area (Å²) in [5.74, 6) is 0. The molecule has 3 N–H and O–H groups in total. The van der Waals surface area contributed by atoms with E-state index in [0.29, 0.717) is 19.8 Å². The zero-order valence-corrected chi connectivity index (χ0v) is 10.3. The zero-order chi connectivity index (χ0) is 12.4. The average Bonchev–Trinajstić information content (AvgIpc) is 2.97. The summed E-state index contributed by atoms with van der Waals surface area (Å²) in [6.45, 7) is 2.44. The summed E-state index contributed by atoms with van der Waals surface area (Å²) in [6, 6.07) is 8.41. The molecule has 1 aromatic carbocycles. The van der Waals surface area contributed by atoms with Crippen LogP contribution in [0.15, 0.2) is 30.5 Å². The van der Waals surface area contributed by atoms with E-state index in [9.17, 15) is 5.11 Å². The van der Waals surface area contributed by atoms with Gasteiger partial charge in [0.2, 0.25) is 0 Å². The molecular formula is C14H18N2O2. The molecule has 0 spiro atoms. The zero-order valence-electron chi connectivity index (χ0n) is 10.3. The Bertz CT molecular complexity index is 529. The number of aromatic nitrogens is 1. The molecule has 2 aromatic rings. The quantitative estimate of drug-likeness (QED) is 0.764. The molecule has 1 aromatic heterocycles. The van der Waals surface area contributed by atoms with Crippen molar-refractivity contribution < 1.29 is 9.84 Å². The minimum Gasteiger partial charge on any atom is -0.386 e. The van der Waals surface area contributed by atoms with Crippen LogP contribution in [0, 0.1) is 0 Å². The van der Waals surface area contributed by atoms with E-state index in [4.69, 9.17) is 4.74 Å². The number of benzene rings is 1. The van der Waals surface area contributed by atoms with Crippen molar-refractivity contribution in [2.75, 3.05) is 19.8 Å². The number of hydrogen-bond acceptors (Lipinski definition) is 3. The van der Waals surface area contributed by atoms with Crippen molar-refractivity contribution in [2.24, 2.45) is 0 Å². The van der Waals surface area contributed by atoms with Gasteiger partial charge in [0, 0.05) is 37.8 Å². The van der Waals surface area contributed by atoms with Crippen molar-refractivity contribution in [3.8, 4) is 0 Å². The summed E-state index contributed by atoms with van der Waals surface area (Å²) < 4.78 is 5.22. The van der Waals surface area contributed by atoms with Crippen molar-refractivity contribution in [1.82, 2.24) is 10.3 Å². The highest BCUT2D eigenvalue weighted by atomic mass is 16.5. The molecule has 4 heteroatoms. The first kappa shape index (κ1) is 11.7. The molecule has 3 rings (SSSR count). The molecule has 1 atom stereocenters. The van der Waals surface area contributed by atoms with Gasteiger partial charge in [-0.25, -0.2) is 0 Å². The van der Waals surface area contributed by atoms with Crippen LogP contribution in [0.3, 0.4) is 0 Å². The van der Waals surface area contributed by atoms with Crippen LogP contribution in [-0.2, 0) is 11.3 Å². The van der Waals surface area contributed by atoms with Crippen molar-refractivity contribution >= 4 is 10.9 Å². The van der Waals surface area contributed by atoms with Gasteiger partial charge >= 0.3 is 0 Å². The average molecular weight is 246 g/mol. The molecule has 2 heterocycles. The predicted molar refractivity (Wildman–Crippen MR) is 70.4 cm³/mol. The van der Waals surface area contributed by atoms with Crippen LogP contribution in [0.4, 0.5) is 0 Å². The molecule has 1 saturated heterocycles. The molecule has 0 saturated carbocycles. The number of hydrogen-bond donors (Lipinski definition) is 3. The lowest BCUT2D eigenvalue weighted by Crippen LogP contribution is -2.40. The number of fused-ring (bicyclic) bond motifs is 1. The van der Waals surface area contributed by atoms with Crippen LogP contribution in [0.1, 0.15) is 12.0 Å². The third-order valence-corrected chi connectivity index (χ3v) is 3.49. The monoisotopic (exact) mass is 246 g/mol. The summed E-state index contributed by atoms with van der Waals surface area (Å²) in [5.41, 5.74) is 1.68. The Morgan fingerprint density at radius 1 is 1.39 bits per heavy atom. The lowest BCUT2D eigenvalue weighted by Gasteiger charge is -2.20. The van der Waals surface area contributed by atoms with Crippen molar-refractivity contribution in [3.63, 3.8) is 0 Å². The Hall–Kier alpha value is -1.36. The Kier molecular flexibility index (Phi) is 3.07. The summed E-state index contributed by atoms with van der Waals surface area (Å²) in [5, 5.41) is 14.6. The van der Waals surface area contributed by atoms with Crippen LogP contribution in [-0.4, -0.2) is 35.5 Å². The maximum Gasteiger partial charge on any atom is 0.102 e. The predicted octanol–water partition coefficient (Wildman–Crippen LogP) is 1.41. The van der Waals surface area contributed by atoms with Crippen LogP contribution >= 0.6 is 0 Å². The van der Waals surface area contributed by atoms with Crippen LogP contribution in [0.5, 0.6) is 0 Å². The maximum atomic E-state index is 10.1. The molecule has 96 valence electrons. The van der Waals surface area contributed by atoms with E-state index in [0.717, 1.165) is 18.5 Å². The standard InChI is InChI=1S/C14H18N2O2/c17-14(4-6-18-10-14)9-15-8-11-1-2-12-3-5-16-13(12)7-11/h1-3,5,7,15-17H,4,6,8-10H2. The Balaban J connectivity index is 1.59. The van der Waals surface area contributed by atoms with Crippen LogP contribution < -0.4 is 5.32 Å². The molecule has 1 fully saturated rings. The molecule has 4 nitrogen and oxygen atoms in total. The molecule has 0 amide bonds. The van der Waals surface area contributed by atoms with Gasteiger partial charge in [-0.15, -0.1) is 0 Å². The molecular weight excluding hydrogens is 228 g/mol. The second-order valence-corrected chi connectivity index (χ2v) is 5.03. The first-order valence-corrected chi connectivity index (χ1v) is 6.32. The van der Waals surface area contributed by atoms with E-state index >= 15 is 0 Å². The fraction of sp³-hybridized carbons (Fsp3) is 0.429. The van der Waals surface area contributed by atoms with Crippen LogP contribution in [0.25, 0.3) is 10.9 Å². The lowest BCUT2D eigenvalue weighted by atomic mass is 10.0. The van der Waals surface area contributed by atoms with Gasteiger partial charge in [-0.05, 0) is 23.1 Å². The topological polar surface area (TPSA) is 57.3 Å². The van der Waals surface area contributed by atoms with Crippen molar-refractivity contribution in [2.45, 2.75) is 18.6 Å². The van der Waals surface area contributed by atoms with Crippen molar-refractivity contribution in [3.05, 3.63) is 36.0 Å². The lowest BCUT2D eigenvalue weighted by molar-refractivity contribution is 0.0268. The fourth-order valence-electron chi connectivity index (χ4n) is 2.38. The number of aromatic amines is 1. The molecule has 0 radical (unpaired) electrons. The molecule has 1 aliphatic heterocycles. The normalized spacial score (nSPS) is 23.8. The van der Waals surface area contributed by atoms with E-state index in [1.165, 1.54) is 10.9 Å². The highest BCUT2D eigenvalue weighted by molar-refractivity contribution is 5.79. The van der Waals surface area contributed by atoms with Gasteiger partial charge < -0.3 is 20.1 Å². The first-order chi connectivity index (χ1) is 8.75. The number of ether oxygens (including phenoxy) is 1. The molecule has 0 bridgehead atoms. The van der Waals surface area contributed by atoms with Gasteiger partial charge in [0.15, 0.2) is 0 Å². The third-order valence-electron chi connectivity index (χ3n) is 3.49. The number of rotatable bonds is 4. The summed E-state index contributed by atoms with van der Waals surface area (Å²) in [6.07, 6.45) is 2.66. The van der Waals surface area contributed by atoms with Gasteiger partial charge in [0.05, 0.1) is 6.61 Å². The molecule has 0 aliphatic carbocycles. The van der Waals surface area contributed by atoms with Gasteiger partial charge in [0.25, 0.3) is 0 Å². The number of H-pyrrole nitrogens is 1. The van der Waals surface area contributed by atoms with E-state index in [2.05, 4.69) is 34.6 Å². The molecule has 1 unspecified atom stereocenters. The highest BCUT2D eigenvalue weighted by Crippen LogP contribution is 2.18. The minimum atomic E-state index is -0.684. The Morgan fingerprint density at radius 2 is 2.33 bits per heavy atom. The molecule has 1 aliphatic rings. The van der Waals surface area contributed by atoms with Gasteiger partial charge in [-0.3, -0.25) is 0 Å². The molecule has 18 heavy (non-hydrogen) atoms. The summed E-state index contributed by atoms with van der Waals surface area (Å²) >= 11 is 0. The van der Waals surface area contributed by atoms with Crippen LogP contribution in [0.2, 0.25) is 0 Å². The summed E-state index contributed by atoms with van der Waals surface area (Å²) in [7, 11) is 0. The van der Waals surface area contributed by atoms with E-state index in [-0.39, 0.29) is 0 Å². The second-order valence-electron chi connectivity index (χ2n) is 5.03. The number of aliphatic hydroxyl groups is 1. The van der Waals surface area contributed by atoms with Crippen molar-refractivity contribution in [1.29, 1.82) is 0 Å². The first-order valence-electron chi connectivity index (χ1n) is 6.32. The fourth-order valence-corrected chi connectivity index (χ4v) is 2.38. The van der Waals surface area contributed by atoms with Gasteiger partial charge in [-0.1, -0.05) is 12.1 Å². The minimum absolute atomic E-state index is 0.440. The third kappa shape index (κ3) is 2.41. The summed E-state index contributed by atoms with van der Waals surface area (Å²) in [4.78, 5) is 3.20. The Labute approximate surface area is 106 Å². The maximum absolute atomic E-state index is 10.1. The van der Waals surface area contributed by atoms with E-state index in [1.54, 1.807) is 0 Å². The van der Waals surface area contributed by atoms with E-state index < -0.39 is 5.60 Å². The number of nitrogens with one attached hydrogen (secondary N) is 2. The Morgan fingerprint density at radius 3 is 3.17 bits per heavy atom.